The zero-order chi connectivity index (χ0) is 20.1. The van der Waals surface area contributed by atoms with Crippen LogP contribution in [0.5, 0.6) is 5.75 Å². The van der Waals surface area contributed by atoms with Crippen molar-refractivity contribution in [2.24, 2.45) is 0 Å². The smallest absolute Gasteiger partial charge is 0.338 e. The Morgan fingerprint density at radius 2 is 2.00 bits per heavy atom. The molecule has 0 unspecified atom stereocenters. The highest BCUT2D eigenvalue weighted by atomic mass is 16.6. The van der Waals surface area contributed by atoms with Crippen molar-refractivity contribution in [3.05, 3.63) is 65.5 Å². The molecule has 0 bridgehead atoms. The highest BCUT2D eigenvalue weighted by Crippen LogP contribution is 2.20. The van der Waals surface area contributed by atoms with Gasteiger partial charge in [-0.3, -0.25) is 0 Å². The Kier molecular flexibility index (Phi) is 5.86. The normalized spacial score (nSPS) is 16.0. The minimum absolute atomic E-state index is 0.0883. The van der Waals surface area contributed by atoms with Gasteiger partial charge in [-0.2, -0.15) is 4.98 Å². The van der Waals surface area contributed by atoms with Gasteiger partial charge in [-0.15, -0.1) is 0 Å². The van der Waals surface area contributed by atoms with Crippen LogP contribution in [0.15, 0.2) is 53.1 Å². The third-order valence-corrected chi connectivity index (χ3v) is 4.73. The Labute approximate surface area is 168 Å². The maximum Gasteiger partial charge on any atom is 0.338 e. The highest BCUT2D eigenvalue weighted by Gasteiger charge is 2.17. The van der Waals surface area contributed by atoms with Crippen molar-refractivity contribution in [2.45, 2.75) is 32.5 Å². The van der Waals surface area contributed by atoms with E-state index in [-0.39, 0.29) is 18.6 Å². The summed E-state index contributed by atoms with van der Waals surface area (Å²) in [5.74, 6) is 0.943. The van der Waals surface area contributed by atoms with E-state index in [4.69, 9.17) is 18.7 Å². The molecule has 29 heavy (non-hydrogen) atoms. The van der Waals surface area contributed by atoms with Gasteiger partial charge in [0, 0.05) is 12.2 Å². The number of hydrogen-bond donors (Lipinski definition) is 0. The van der Waals surface area contributed by atoms with Crippen LogP contribution in [0.3, 0.4) is 0 Å². The second-order valence-electron chi connectivity index (χ2n) is 6.87. The van der Waals surface area contributed by atoms with Gasteiger partial charge in [-0.05, 0) is 49.6 Å². The third-order valence-electron chi connectivity index (χ3n) is 4.73. The molecule has 1 fully saturated rings. The molecule has 1 saturated heterocycles. The van der Waals surface area contributed by atoms with E-state index in [0.29, 0.717) is 23.7 Å². The first-order chi connectivity index (χ1) is 14.2. The number of benzene rings is 2. The number of ether oxygens (including phenoxy) is 3. The Morgan fingerprint density at radius 1 is 1.17 bits per heavy atom. The maximum absolute atomic E-state index is 12.3. The van der Waals surface area contributed by atoms with Gasteiger partial charge in [0.15, 0.2) is 6.61 Å². The molecular formula is C22H22N2O5. The number of rotatable bonds is 7. The second kappa shape index (κ2) is 8.87. The predicted molar refractivity (Wildman–Crippen MR) is 105 cm³/mol. The molecule has 1 aliphatic rings. The number of carbonyl (C=O) groups excluding carboxylic acids is 1. The van der Waals surface area contributed by atoms with E-state index < -0.39 is 5.97 Å². The number of aromatic nitrogens is 2. The molecule has 0 saturated carbocycles. The molecule has 2 heterocycles. The molecule has 0 spiro atoms. The average Bonchev–Trinajstić information content (AvgIpc) is 3.43. The summed E-state index contributed by atoms with van der Waals surface area (Å²) in [6.45, 7) is 3.20. The summed E-state index contributed by atoms with van der Waals surface area (Å²) in [5.41, 5.74) is 2.35. The number of carbonyl (C=O) groups is 1. The van der Waals surface area contributed by atoms with Crippen LogP contribution >= 0.6 is 0 Å². The Balaban J connectivity index is 1.30. The molecule has 4 rings (SSSR count). The van der Waals surface area contributed by atoms with Crippen molar-refractivity contribution in [1.29, 1.82) is 0 Å². The van der Waals surface area contributed by atoms with E-state index >= 15 is 0 Å². The monoisotopic (exact) mass is 394 g/mol. The molecule has 3 aromatic rings. The average molecular weight is 394 g/mol. The molecule has 0 N–H and O–H groups in total. The summed E-state index contributed by atoms with van der Waals surface area (Å²) >= 11 is 0. The molecule has 0 radical (unpaired) electrons. The summed E-state index contributed by atoms with van der Waals surface area (Å²) in [5, 5.41) is 3.96. The first kappa shape index (κ1) is 19.1. The standard InChI is InChI=1S/C22H22N2O5/c1-15-5-2-3-7-19(15)21-23-20(29-24-21)14-28-22(25)16-8-10-17(11-9-16)27-13-18-6-4-12-26-18/h2-3,5,7-11,18H,4,6,12-14H2,1H3/t18-/m0/s1. The molecular weight excluding hydrogens is 372 g/mol. The van der Waals surface area contributed by atoms with E-state index in [1.165, 1.54) is 0 Å². The van der Waals surface area contributed by atoms with Crippen LogP contribution < -0.4 is 4.74 Å². The Morgan fingerprint density at radius 3 is 2.76 bits per heavy atom. The lowest BCUT2D eigenvalue weighted by Gasteiger charge is -2.11. The zero-order valence-corrected chi connectivity index (χ0v) is 16.2. The molecule has 0 aliphatic carbocycles. The van der Waals surface area contributed by atoms with Crippen LogP contribution in [-0.2, 0) is 16.1 Å². The van der Waals surface area contributed by atoms with E-state index in [1.54, 1.807) is 24.3 Å². The van der Waals surface area contributed by atoms with Crippen LogP contribution in [-0.4, -0.2) is 35.4 Å². The topological polar surface area (TPSA) is 83.7 Å². The molecule has 7 nitrogen and oxygen atoms in total. The Hall–Kier alpha value is -3.19. The van der Waals surface area contributed by atoms with E-state index in [9.17, 15) is 4.79 Å². The van der Waals surface area contributed by atoms with E-state index in [1.807, 2.05) is 31.2 Å². The van der Waals surface area contributed by atoms with Gasteiger partial charge in [0.1, 0.15) is 12.4 Å². The van der Waals surface area contributed by atoms with E-state index in [0.717, 1.165) is 30.6 Å². The lowest BCUT2D eigenvalue weighted by Crippen LogP contribution is -2.16. The van der Waals surface area contributed by atoms with E-state index in [2.05, 4.69) is 10.1 Å². The third kappa shape index (κ3) is 4.81. The summed E-state index contributed by atoms with van der Waals surface area (Å²) in [6, 6.07) is 14.6. The number of esters is 1. The summed E-state index contributed by atoms with van der Waals surface area (Å²) in [4.78, 5) is 16.6. The highest BCUT2D eigenvalue weighted by molar-refractivity contribution is 5.89. The van der Waals surface area contributed by atoms with Crippen molar-refractivity contribution in [3.8, 4) is 17.1 Å². The molecule has 150 valence electrons. The molecule has 1 aromatic heterocycles. The molecule has 0 amide bonds. The summed E-state index contributed by atoms with van der Waals surface area (Å²) < 4.78 is 21.7. The van der Waals surface area contributed by atoms with Gasteiger partial charge < -0.3 is 18.7 Å². The fraction of sp³-hybridized carbons (Fsp3) is 0.318. The van der Waals surface area contributed by atoms with Crippen LogP contribution in [0, 0.1) is 6.92 Å². The summed E-state index contributed by atoms with van der Waals surface area (Å²) in [7, 11) is 0. The van der Waals surface area contributed by atoms with Crippen molar-refractivity contribution >= 4 is 5.97 Å². The SMILES string of the molecule is Cc1ccccc1-c1noc(COC(=O)c2ccc(OC[C@@H]3CCCO3)cc2)n1. The van der Waals surface area contributed by atoms with Gasteiger partial charge in [0.25, 0.3) is 5.89 Å². The van der Waals surface area contributed by atoms with Gasteiger partial charge in [-0.25, -0.2) is 4.79 Å². The second-order valence-corrected chi connectivity index (χ2v) is 6.87. The Bertz CT molecular complexity index is 961. The molecule has 1 aliphatic heterocycles. The van der Waals surface area contributed by atoms with Gasteiger partial charge >= 0.3 is 5.97 Å². The largest absolute Gasteiger partial charge is 0.491 e. The first-order valence-electron chi connectivity index (χ1n) is 9.59. The molecule has 7 heteroatoms. The summed E-state index contributed by atoms with van der Waals surface area (Å²) in [6.07, 6.45) is 2.25. The molecule has 2 aromatic carbocycles. The van der Waals surface area contributed by atoms with Gasteiger partial charge in [0.05, 0.1) is 11.7 Å². The number of hydrogen-bond acceptors (Lipinski definition) is 7. The lowest BCUT2D eigenvalue weighted by atomic mass is 10.1. The maximum atomic E-state index is 12.3. The van der Waals surface area contributed by atoms with Crippen molar-refractivity contribution in [2.75, 3.05) is 13.2 Å². The first-order valence-corrected chi connectivity index (χ1v) is 9.59. The van der Waals surface area contributed by atoms with Crippen molar-refractivity contribution in [3.63, 3.8) is 0 Å². The fourth-order valence-electron chi connectivity index (χ4n) is 3.11. The zero-order valence-electron chi connectivity index (χ0n) is 16.2. The van der Waals surface area contributed by atoms with Crippen molar-refractivity contribution < 1.29 is 23.5 Å². The predicted octanol–water partition coefficient (Wildman–Crippen LogP) is 3.96. The molecule has 1 atom stereocenters. The van der Waals surface area contributed by atoms with Crippen LogP contribution in [0.1, 0.15) is 34.7 Å². The minimum atomic E-state index is -0.466. The van der Waals surface area contributed by atoms with Crippen LogP contribution in [0.4, 0.5) is 0 Å². The number of aryl methyl sites for hydroxylation is 1. The fourth-order valence-corrected chi connectivity index (χ4v) is 3.11. The van der Waals surface area contributed by atoms with Crippen LogP contribution in [0.2, 0.25) is 0 Å². The number of nitrogens with zero attached hydrogens (tertiary/aromatic N) is 2. The van der Waals surface area contributed by atoms with Crippen molar-refractivity contribution in [1.82, 2.24) is 10.1 Å². The quantitative estimate of drug-likeness (QED) is 0.561. The minimum Gasteiger partial charge on any atom is -0.491 e. The van der Waals surface area contributed by atoms with Crippen LogP contribution in [0.25, 0.3) is 11.4 Å². The van der Waals surface area contributed by atoms with Gasteiger partial charge in [-0.1, -0.05) is 29.4 Å². The van der Waals surface area contributed by atoms with Gasteiger partial charge in [0.2, 0.25) is 5.82 Å². The lowest BCUT2D eigenvalue weighted by molar-refractivity contribution is 0.0429.